The topological polar surface area (TPSA) is 59.3 Å². The Morgan fingerprint density at radius 1 is 0.971 bits per heavy atom. The molecule has 2 aromatic rings. The van der Waals surface area contributed by atoms with Gasteiger partial charge >= 0.3 is 5.97 Å². The third-order valence-electron chi connectivity index (χ3n) is 6.68. The van der Waals surface area contributed by atoms with E-state index in [4.69, 9.17) is 14.7 Å². The highest BCUT2D eigenvalue weighted by Gasteiger charge is 2.27. The molecule has 4 nitrogen and oxygen atoms in total. The predicted molar refractivity (Wildman–Crippen MR) is 127 cm³/mol. The van der Waals surface area contributed by atoms with Gasteiger partial charge in [-0.25, -0.2) is 13.6 Å². The Labute approximate surface area is 205 Å². The summed E-state index contributed by atoms with van der Waals surface area (Å²) in [7, 11) is 0. The molecule has 0 radical (unpaired) electrons. The van der Waals surface area contributed by atoms with Crippen LogP contribution in [0.2, 0.25) is 0 Å². The normalized spacial score (nSPS) is 17.6. The Bertz CT molecular complexity index is 1030. The highest BCUT2D eigenvalue weighted by atomic mass is 19.2. The fourth-order valence-corrected chi connectivity index (χ4v) is 4.54. The van der Waals surface area contributed by atoms with Crippen LogP contribution in [0, 0.1) is 40.6 Å². The number of hydrogen-bond acceptors (Lipinski definition) is 4. The van der Waals surface area contributed by atoms with E-state index in [1.807, 2.05) is 6.07 Å². The lowest BCUT2D eigenvalue weighted by Crippen LogP contribution is -2.21. The van der Waals surface area contributed by atoms with E-state index in [1.54, 1.807) is 0 Å². The summed E-state index contributed by atoms with van der Waals surface area (Å²) >= 11 is 0. The maximum absolute atomic E-state index is 14.6. The first-order chi connectivity index (χ1) is 16.9. The smallest absolute Gasteiger partial charge is 0.346 e. The first-order valence-corrected chi connectivity index (χ1v) is 12.5. The summed E-state index contributed by atoms with van der Waals surface area (Å²) in [6.07, 6.45) is 11.5. The van der Waals surface area contributed by atoms with Crippen LogP contribution in [0.25, 0.3) is 0 Å². The summed E-state index contributed by atoms with van der Waals surface area (Å²) in [5, 5.41) is 8.80. The van der Waals surface area contributed by atoms with Gasteiger partial charge in [-0.2, -0.15) is 9.65 Å². The second kappa shape index (κ2) is 13.2. The minimum absolute atomic E-state index is 0.0195. The molecule has 0 unspecified atom stereocenters. The van der Waals surface area contributed by atoms with E-state index in [9.17, 15) is 18.0 Å². The predicted octanol–water partition coefficient (Wildman–Crippen LogP) is 7.74. The van der Waals surface area contributed by atoms with E-state index < -0.39 is 34.7 Å². The quantitative estimate of drug-likeness (QED) is 0.141. The summed E-state index contributed by atoms with van der Waals surface area (Å²) in [4.78, 5) is 12.3. The van der Waals surface area contributed by atoms with Crippen molar-refractivity contribution < 1.29 is 27.4 Å². The zero-order valence-electron chi connectivity index (χ0n) is 20.1. The number of nitrogens with zero attached hydrogens (tertiary/aromatic N) is 1. The summed E-state index contributed by atoms with van der Waals surface area (Å²) in [5.74, 6) is -5.40. The first-order valence-electron chi connectivity index (χ1n) is 12.5. The number of carbonyl (C=O) groups is 1. The maximum Gasteiger partial charge on any atom is 0.346 e. The average Bonchev–Trinajstić information content (AvgIpc) is 2.87. The lowest BCUT2D eigenvalue weighted by Gasteiger charge is -2.28. The minimum Gasteiger partial charge on any atom is -0.487 e. The summed E-state index contributed by atoms with van der Waals surface area (Å²) in [6.45, 7) is 2.31. The van der Waals surface area contributed by atoms with Crippen LogP contribution in [0.3, 0.4) is 0 Å². The summed E-state index contributed by atoms with van der Waals surface area (Å²) in [6, 6.07) is 7.97. The number of halogens is 3. The molecule has 1 aliphatic carbocycles. The number of esters is 1. The SMILES string of the molecule is CCCCCCCC1CCC(COc2c(F)cc(C(=O)Oc3ccc(C#N)cc3)c(F)c2F)CC1. The van der Waals surface area contributed by atoms with Crippen molar-refractivity contribution in [1.29, 1.82) is 5.26 Å². The van der Waals surface area contributed by atoms with Gasteiger partial charge in [0, 0.05) is 0 Å². The number of ether oxygens (including phenoxy) is 2. The molecule has 188 valence electrons. The highest BCUT2D eigenvalue weighted by molar-refractivity contribution is 5.91. The molecular weight excluding hydrogens is 455 g/mol. The largest absolute Gasteiger partial charge is 0.487 e. The maximum atomic E-state index is 14.6. The Kier molecular flexibility index (Phi) is 10.0. The van der Waals surface area contributed by atoms with Crippen molar-refractivity contribution in [3.8, 4) is 17.6 Å². The van der Waals surface area contributed by atoms with Crippen molar-refractivity contribution in [1.82, 2.24) is 0 Å². The molecule has 1 aliphatic rings. The van der Waals surface area contributed by atoms with Gasteiger partial charge in [0.05, 0.1) is 18.2 Å². The number of nitriles is 1. The van der Waals surface area contributed by atoms with Crippen LogP contribution in [0.5, 0.6) is 11.5 Å². The molecule has 1 saturated carbocycles. The lowest BCUT2D eigenvalue weighted by molar-refractivity contribution is 0.0727. The standard InChI is InChI=1S/C28H32F3NO3/c1-2-3-4-5-6-7-19-8-10-21(11-9-19)18-34-27-24(29)16-23(25(30)26(27)31)28(33)35-22-14-12-20(17-32)13-15-22/h12-16,19,21H,2-11,18H2,1H3. The number of unbranched alkanes of at least 4 members (excludes halogenated alkanes) is 4. The molecule has 0 heterocycles. The molecule has 0 saturated heterocycles. The third kappa shape index (κ3) is 7.48. The van der Waals surface area contributed by atoms with E-state index in [0.717, 1.165) is 25.7 Å². The van der Waals surface area contributed by atoms with Crippen LogP contribution in [-0.4, -0.2) is 12.6 Å². The zero-order valence-corrected chi connectivity index (χ0v) is 20.1. The van der Waals surface area contributed by atoms with Crippen molar-refractivity contribution in [3.05, 3.63) is 58.9 Å². The molecular formula is C28H32F3NO3. The molecule has 0 bridgehead atoms. The van der Waals surface area contributed by atoms with Gasteiger partial charge in [-0.1, -0.05) is 58.3 Å². The second-order valence-electron chi connectivity index (χ2n) is 9.29. The molecule has 0 spiro atoms. The van der Waals surface area contributed by atoms with Gasteiger partial charge in [0.25, 0.3) is 0 Å². The summed E-state index contributed by atoms with van der Waals surface area (Å²) in [5.41, 5.74) is -0.526. The van der Waals surface area contributed by atoms with Gasteiger partial charge in [0.2, 0.25) is 5.82 Å². The molecule has 0 atom stereocenters. The van der Waals surface area contributed by atoms with Crippen LogP contribution >= 0.6 is 0 Å². The number of hydrogen-bond donors (Lipinski definition) is 0. The molecule has 2 aromatic carbocycles. The van der Waals surface area contributed by atoms with Crippen LogP contribution in [0.15, 0.2) is 30.3 Å². The van der Waals surface area contributed by atoms with Gasteiger partial charge < -0.3 is 9.47 Å². The van der Waals surface area contributed by atoms with Crippen molar-refractivity contribution in [3.63, 3.8) is 0 Å². The summed E-state index contributed by atoms with van der Waals surface area (Å²) < 4.78 is 54.0. The second-order valence-corrected chi connectivity index (χ2v) is 9.29. The van der Waals surface area contributed by atoms with Crippen molar-refractivity contribution >= 4 is 5.97 Å². The zero-order chi connectivity index (χ0) is 25.2. The van der Waals surface area contributed by atoms with Crippen LogP contribution in [0.1, 0.15) is 87.1 Å². The number of carbonyl (C=O) groups excluding carboxylic acids is 1. The average molecular weight is 488 g/mol. The van der Waals surface area contributed by atoms with E-state index in [-0.39, 0.29) is 18.3 Å². The number of benzene rings is 2. The van der Waals surface area contributed by atoms with Crippen molar-refractivity contribution in [2.45, 2.75) is 71.1 Å². The van der Waals surface area contributed by atoms with Crippen molar-refractivity contribution in [2.24, 2.45) is 11.8 Å². The van der Waals surface area contributed by atoms with Gasteiger partial charge in [-0.3, -0.25) is 0 Å². The Balaban J connectivity index is 1.52. The van der Waals surface area contributed by atoms with Crippen LogP contribution in [-0.2, 0) is 0 Å². The molecule has 0 amide bonds. The molecule has 1 fully saturated rings. The van der Waals surface area contributed by atoms with Gasteiger partial charge in [-0.05, 0) is 55.0 Å². The van der Waals surface area contributed by atoms with Gasteiger partial charge in [0.1, 0.15) is 11.3 Å². The highest BCUT2D eigenvalue weighted by Crippen LogP contribution is 2.34. The molecule has 7 heteroatoms. The number of rotatable bonds is 11. The first kappa shape index (κ1) is 26.6. The Morgan fingerprint density at radius 2 is 1.63 bits per heavy atom. The van der Waals surface area contributed by atoms with E-state index in [2.05, 4.69) is 6.92 Å². The molecule has 35 heavy (non-hydrogen) atoms. The van der Waals surface area contributed by atoms with Crippen LogP contribution < -0.4 is 9.47 Å². The fourth-order valence-electron chi connectivity index (χ4n) is 4.54. The third-order valence-corrected chi connectivity index (χ3v) is 6.68. The Morgan fingerprint density at radius 3 is 2.29 bits per heavy atom. The lowest BCUT2D eigenvalue weighted by atomic mass is 9.80. The monoisotopic (exact) mass is 487 g/mol. The Hall–Kier alpha value is -3.01. The van der Waals surface area contributed by atoms with Gasteiger partial charge in [0.15, 0.2) is 17.4 Å². The fraction of sp³-hybridized carbons (Fsp3) is 0.500. The molecule has 0 aromatic heterocycles. The molecule has 0 N–H and O–H groups in total. The van der Waals surface area contributed by atoms with Crippen molar-refractivity contribution in [2.75, 3.05) is 6.61 Å². The van der Waals surface area contributed by atoms with E-state index in [0.29, 0.717) is 17.5 Å². The van der Waals surface area contributed by atoms with Gasteiger partial charge in [-0.15, -0.1) is 0 Å². The molecule has 3 rings (SSSR count). The van der Waals surface area contributed by atoms with E-state index in [1.165, 1.54) is 62.8 Å². The van der Waals surface area contributed by atoms with Crippen LogP contribution in [0.4, 0.5) is 13.2 Å². The molecule has 0 aliphatic heterocycles. The van der Waals surface area contributed by atoms with E-state index >= 15 is 0 Å². The minimum atomic E-state index is -1.54.